The Morgan fingerprint density at radius 2 is 2.26 bits per heavy atom. The van der Waals surface area contributed by atoms with Crippen LogP contribution in [0.25, 0.3) is 11.0 Å². The number of nitrogens with two attached hydrogens (primary N) is 1. The van der Waals surface area contributed by atoms with Crippen LogP contribution in [0.3, 0.4) is 0 Å². The number of carbonyl (C=O) groups is 1. The topological polar surface area (TPSA) is 72.9 Å². The van der Waals surface area contributed by atoms with Gasteiger partial charge in [-0.05, 0) is 38.0 Å². The van der Waals surface area contributed by atoms with Crippen molar-refractivity contribution in [3.63, 3.8) is 0 Å². The number of imidazole rings is 1. The highest BCUT2D eigenvalue weighted by molar-refractivity contribution is 5.96. The molecule has 1 heterocycles. The molecule has 1 aliphatic rings. The van der Waals surface area contributed by atoms with Crippen molar-refractivity contribution < 1.29 is 4.79 Å². The number of benzene rings is 1. The van der Waals surface area contributed by atoms with Crippen LogP contribution in [0.2, 0.25) is 0 Å². The highest BCUT2D eigenvalue weighted by atomic mass is 16.2. The van der Waals surface area contributed by atoms with Crippen molar-refractivity contribution >= 4 is 22.6 Å². The molecule has 5 heteroatoms. The van der Waals surface area contributed by atoms with Gasteiger partial charge in [-0.2, -0.15) is 0 Å². The molecule has 0 unspecified atom stereocenters. The van der Waals surface area contributed by atoms with Crippen LogP contribution in [-0.2, 0) is 11.8 Å². The number of aryl methyl sites for hydroxylation is 1. The van der Waals surface area contributed by atoms with Crippen LogP contribution in [0.15, 0.2) is 18.2 Å². The number of hydrogen-bond donors (Lipinski definition) is 2. The minimum absolute atomic E-state index is 0.183. The number of fused-ring (bicyclic) bond motifs is 1. The van der Waals surface area contributed by atoms with E-state index in [4.69, 9.17) is 5.73 Å². The first-order chi connectivity index (χ1) is 9.06. The monoisotopic (exact) mass is 258 g/mol. The summed E-state index contributed by atoms with van der Waals surface area (Å²) in [5.74, 6) is 1.57. The van der Waals surface area contributed by atoms with E-state index in [1.54, 1.807) is 6.92 Å². The summed E-state index contributed by atoms with van der Waals surface area (Å²) in [5.41, 5.74) is 8.31. The largest absolute Gasteiger partial charge is 0.331 e. The van der Waals surface area contributed by atoms with Crippen LogP contribution >= 0.6 is 0 Å². The fourth-order valence-electron chi connectivity index (χ4n) is 2.26. The first-order valence-corrected chi connectivity index (χ1v) is 6.59. The summed E-state index contributed by atoms with van der Waals surface area (Å²) < 4.78 is 2.14. The van der Waals surface area contributed by atoms with Crippen LogP contribution in [0.5, 0.6) is 0 Å². The highest BCUT2D eigenvalue weighted by Crippen LogP contribution is 2.40. The quantitative estimate of drug-likeness (QED) is 0.880. The highest BCUT2D eigenvalue weighted by Gasteiger charge is 2.28. The van der Waals surface area contributed by atoms with E-state index in [0.29, 0.717) is 5.92 Å². The van der Waals surface area contributed by atoms with Crippen LogP contribution in [-0.4, -0.2) is 21.5 Å². The lowest BCUT2D eigenvalue weighted by molar-refractivity contribution is -0.117. The first kappa shape index (κ1) is 12.2. The van der Waals surface area contributed by atoms with Crippen molar-refractivity contribution in [2.75, 3.05) is 5.32 Å². The third-order valence-corrected chi connectivity index (χ3v) is 3.54. The summed E-state index contributed by atoms with van der Waals surface area (Å²) in [6.07, 6.45) is 2.46. The number of nitrogens with one attached hydrogen (secondary N) is 1. The van der Waals surface area contributed by atoms with Crippen molar-refractivity contribution in [1.82, 2.24) is 9.55 Å². The van der Waals surface area contributed by atoms with E-state index >= 15 is 0 Å². The molecule has 1 aromatic carbocycles. The van der Waals surface area contributed by atoms with E-state index in [0.717, 1.165) is 22.5 Å². The predicted molar refractivity (Wildman–Crippen MR) is 75.0 cm³/mol. The van der Waals surface area contributed by atoms with E-state index in [9.17, 15) is 4.79 Å². The maximum absolute atomic E-state index is 11.6. The van der Waals surface area contributed by atoms with Crippen molar-refractivity contribution in [3.05, 3.63) is 24.0 Å². The molecular weight excluding hydrogens is 240 g/mol. The van der Waals surface area contributed by atoms with Crippen molar-refractivity contribution in [2.45, 2.75) is 31.7 Å². The average molecular weight is 258 g/mol. The van der Waals surface area contributed by atoms with Crippen LogP contribution in [0.4, 0.5) is 5.69 Å². The van der Waals surface area contributed by atoms with Gasteiger partial charge < -0.3 is 15.6 Å². The number of anilines is 1. The molecule has 1 atom stereocenters. The van der Waals surface area contributed by atoms with Gasteiger partial charge in [-0.15, -0.1) is 0 Å². The minimum atomic E-state index is -0.513. The van der Waals surface area contributed by atoms with E-state index in [2.05, 4.69) is 14.9 Å². The molecule has 3 rings (SSSR count). The molecular formula is C14H18N4O. The Morgan fingerprint density at radius 1 is 1.53 bits per heavy atom. The van der Waals surface area contributed by atoms with Gasteiger partial charge in [0.2, 0.25) is 5.91 Å². The smallest absolute Gasteiger partial charge is 0.240 e. The Bertz CT molecular complexity index is 640. The molecule has 2 aromatic rings. The zero-order valence-corrected chi connectivity index (χ0v) is 11.2. The average Bonchev–Trinajstić information content (AvgIpc) is 3.15. The molecule has 0 aliphatic heterocycles. The van der Waals surface area contributed by atoms with E-state index in [1.807, 2.05) is 25.2 Å². The lowest BCUT2D eigenvalue weighted by Gasteiger charge is -2.07. The number of nitrogens with zero attached hydrogens (tertiary/aromatic N) is 2. The second-order valence-corrected chi connectivity index (χ2v) is 5.28. The van der Waals surface area contributed by atoms with Gasteiger partial charge in [0.15, 0.2) is 0 Å². The number of rotatable bonds is 3. The van der Waals surface area contributed by atoms with Crippen LogP contribution in [0.1, 0.15) is 31.5 Å². The summed E-state index contributed by atoms with van der Waals surface area (Å²) in [4.78, 5) is 16.2. The molecule has 19 heavy (non-hydrogen) atoms. The normalized spacial score (nSPS) is 16.6. The van der Waals surface area contributed by atoms with E-state index in [1.165, 1.54) is 12.8 Å². The summed E-state index contributed by atoms with van der Waals surface area (Å²) in [7, 11) is 2.04. The van der Waals surface area contributed by atoms with Crippen molar-refractivity contribution in [3.8, 4) is 0 Å². The van der Waals surface area contributed by atoms with Crippen molar-refractivity contribution in [2.24, 2.45) is 12.8 Å². The van der Waals surface area contributed by atoms with Gasteiger partial charge in [0.25, 0.3) is 0 Å². The fourth-order valence-corrected chi connectivity index (χ4v) is 2.26. The van der Waals surface area contributed by atoms with Crippen LogP contribution < -0.4 is 11.1 Å². The van der Waals surface area contributed by atoms with Gasteiger partial charge in [-0.3, -0.25) is 4.79 Å². The van der Waals surface area contributed by atoms with Gasteiger partial charge in [0.05, 0.1) is 17.1 Å². The Hall–Kier alpha value is -1.88. The second-order valence-electron chi connectivity index (χ2n) is 5.28. The summed E-state index contributed by atoms with van der Waals surface area (Å²) in [6.45, 7) is 1.67. The zero-order chi connectivity index (χ0) is 13.6. The molecule has 0 saturated heterocycles. The molecule has 1 fully saturated rings. The lowest BCUT2D eigenvalue weighted by atomic mass is 10.2. The number of hydrogen-bond acceptors (Lipinski definition) is 3. The SMILES string of the molecule is C[C@@H](N)C(=O)Nc1ccc2c(c1)nc(C1CC1)n2C. The third kappa shape index (κ3) is 2.21. The number of aromatic nitrogens is 2. The molecule has 1 saturated carbocycles. The van der Waals surface area contributed by atoms with E-state index in [-0.39, 0.29) is 5.91 Å². The second kappa shape index (κ2) is 4.35. The molecule has 0 bridgehead atoms. The fraction of sp³-hybridized carbons (Fsp3) is 0.429. The molecule has 1 aliphatic carbocycles. The molecule has 1 amide bonds. The Morgan fingerprint density at radius 3 is 2.89 bits per heavy atom. The van der Waals surface area contributed by atoms with Gasteiger partial charge in [0.1, 0.15) is 5.82 Å². The van der Waals surface area contributed by atoms with Gasteiger partial charge in [-0.1, -0.05) is 0 Å². The van der Waals surface area contributed by atoms with Gasteiger partial charge in [-0.25, -0.2) is 4.98 Å². The van der Waals surface area contributed by atoms with Gasteiger partial charge >= 0.3 is 0 Å². The molecule has 5 nitrogen and oxygen atoms in total. The summed E-state index contributed by atoms with van der Waals surface area (Å²) >= 11 is 0. The lowest BCUT2D eigenvalue weighted by Crippen LogP contribution is -2.32. The third-order valence-electron chi connectivity index (χ3n) is 3.54. The predicted octanol–water partition coefficient (Wildman–Crippen LogP) is 1.74. The number of amides is 1. The maximum atomic E-state index is 11.6. The minimum Gasteiger partial charge on any atom is -0.331 e. The van der Waals surface area contributed by atoms with Crippen LogP contribution in [0, 0.1) is 0 Å². The summed E-state index contributed by atoms with van der Waals surface area (Å²) in [6, 6.07) is 5.27. The Kier molecular flexibility index (Phi) is 2.78. The molecule has 0 spiro atoms. The standard InChI is InChI=1S/C14H18N4O/c1-8(15)14(19)16-10-5-6-12-11(7-10)17-13(18(12)2)9-3-4-9/h5-9H,3-4,15H2,1-2H3,(H,16,19)/t8-/m1/s1. The maximum Gasteiger partial charge on any atom is 0.240 e. The van der Waals surface area contributed by atoms with Crippen molar-refractivity contribution in [1.29, 1.82) is 0 Å². The molecule has 100 valence electrons. The molecule has 0 radical (unpaired) electrons. The molecule has 3 N–H and O–H groups in total. The first-order valence-electron chi connectivity index (χ1n) is 6.59. The Balaban J connectivity index is 1.94. The number of carbonyl (C=O) groups excluding carboxylic acids is 1. The van der Waals surface area contributed by atoms with E-state index < -0.39 is 6.04 Å². The zero-order valence-electron chi connectivity index (χ0n) is 11.2. The Labute approximate surface area is 111 Å². The molecule has 1 aromatic heterocycles. The van der Waals surface area contributed by atoms with Gasteiger partial charge in [0, 0.05) is 18.7 Å². The summed E-state index contributed by atoms with van der Waals surface area (Å²) in [5, 5.41) is 2.79.